The lowest BCUT2D eigenvalue weighted by Gasteiger charge is -2.37. The zero-order valence-corrected chi connectivity index (χ0v) is 19.7. The molecule has 1 aromatic carbocycles. The van der Waals surface area contributed by atoms with E-state index in [1.807, 2.05) is 22.8 Å². The second kappa shape index (κ2) is 9.68. The third kappa shape index (κ3) is 5.04. The quantitative estimate of drug-likeness (QED) is 0.374. The van der Waals surface area contributed by atoms with Crippen molar-refractivity contribution in [3.05, 3.63) is 82.4 Å². The topological polar surface area (TPSA) is 76.4 Å². The molecule has 3 aromatic heterocycles. The van der Waals surface area contributed by atoms with Gasteiger partial charge < -0.3 is 14.5 Å². The summed E-state index contributed by atoms with van der Waals surface area (Å²) in [5, 5.41) is 0. The van der Waals surface area contributed by atoms with Crippen LogP contribution in [0.3, 0.4) is 0 Å². The van der Waals surface area contributed by atoms with Crippen LogP contribution in [0.25, 0.3) is 11.2 Å². The Kier molecular flexibility index (Phi) is 6.40. The summed E-state index contributed by atoms with van der Waals surface area (Å²) in [4.78, 5) is 30.0. The predicted molar refractivity (Wildman–Crippen MR) is 129 cm³/mol. The van der Waals surface area contributed by atoms with Gasteiger partial charge in [-0.2, -0.15) is 0 Å². The average Bonchev–Trinajstić information content (AvgIpc) is 2.86. The van der Waals surface area contributed by atoms with Crippen molar-refractivity contribution in [2.75, 3.05) is 36.0 Å². The van der Waals surface area contributed by atoms with E-state index in [0.717, 1.165) is 11.6 Å². The lowest BCUT2D eigenvalue weighted by atomic mass is 10.1. The van der Waals surface area contributed by atoms with Gasteiger partial charge in [-0.15, -0.1) is 13.2 Å². The van der Waals surface area contributed by atoms with Gasteiger partial charge in [0.15, 0.2) is 11.4 Å². The van der Waals surface area contributed by atoms with Gasteiger partial charge in [0.05, 0.1) is 12.2 Å². The van der Waals surface area contributed by atoms with E-state index in [0.29, 0.717) is 43.1 Å². The summed E-state index contributed by atoms with van der Waals surface area (Å²) < 4.78 is 58.6. The largest absolute Gasteiger partial charge is 0.573 e. The molecule has 0 aliphatic carbocycles. The summed E-state index contributed by atoms with van der Waals surface area (Å²) in [6, 6.07) is 9.01. The van der Waals surface area contributed by atoms with Crippen LogP contribution in [-0.4, -0.2) is 52.1 Å². The van der Waals surface area contributed by atoms with Gasteiger partial charge in [0.25, 0.3) is 5.56 Å². The molecular weight excluding hydrogens is 492 g/mol. The maximum absolute atomic E-state index is 14.5. The fourth-order valence-corrected chi connectivity index (χ4v) is 4.55. The Morgan fingerprint density at radius 1 is 0.946 bits per heavy atom. The van der Waals surface area contributed by atoms with Crippen molar-refractivity contribution in [3.8, 4) is 5.75 Å². The van der Waals surface area contributed by atoms with Crippen molar-refractivity contribution in [2.24, 2.45) is 0 Å². The number of ether oxygens (including phenoxy) is 1. The van der Waals surface area contributed by atoms with Crippen molar-refractivity contribution < 1.29 is 22.3 Å². The highest BCUT2D eigenvalue weighted by molar-refractivity contribution is 5.75. The number of piperazine rings is 1. The molecule has 0 amide bonds. The fraction of sp³-hybridized carbons (Fsp3) is 0.280. The molecule has 0 saturated carbocycles. The lowest BCUT2D eigenvalue weighted by Crippen LogP contribution is -2.49. The zero-order chi connectivity index (χ0) is 26.2. The number of fused-ring (bicyclic) bond motifs is 1. The van der Waals surface area contributed by atoms with Gasteiger partial charge in [0.2, 0.25) is 0 Å². The van der Waals surface area contributed by atoms with E-state index in [9.17, 15) is 22.4 Å². The first kappa shape index (κ1) is 24.5. The highest BCUT2D eigenvalue weighted by Crippen LogP contribution is 2.28. The molecule has 5 rings (SSSR count). The molecule has 0 unspecified atom stereocenters. The highest BCUT2D eigenvalue weighted by Gasteiger charge is 2.32. The molecule has 12 heteroatoms. The molecule has 4 aromatic rings. The maximum Gasteiger partial charge on any atom is 0.573 e. The molecule has 1 saturated heterocycles. The number of rotatable bonds is 5. The monoisotopic (exact) mass is 514 g/mol. The van der Waals surface area contributed by atoms with Crippen LogP contribution in [0.15, 0.2) is 59.8 Å². The van der Waals surface area contributed by atoms with Gasteiger partial charge in [0.1, 0.15) is 22.7 Å². The molecule has 8 nitrogen and oxygen atoms in total. The highest BCUT2D eigenvalue weighted by atomic mass is 19.4. The normalized spacial score (nSPS) is 14.3. The molecule has 1 fully saturated rings. The summed E-state index contributed by atoms with van der Waals surface area (Å²) in [6.45, 7) is 3.36. The first-order valence-corrected chi connectivity index (χ1v) is 11.5. The van der Waals surface area contributed by atoms with Crippen molar-refractivity contribution >= 4 is 22.5 Å². The van der Waals surface area contributed by atoms with E-state index in [1.165, 1.54) is 35.3 Å². The van der Waals surface area contributed by atoms with Crippen molar-refractivity contribution in [1.82, 2.24) is 19.5 Å². The van der Waals surface area contributed by atoms with E-state index >= 15 is 0 Å². The molecule has 0 atom stereocenters. The van der Waals surface area contributed by atoms with Gasteiger partial charge in [-0.3, -0.25) is 19.3 Å². The van der Waals surface area contributed by atoms with Crippen LogP contribution in [0.2, 0.25) is 0 Å². The van der Waals surface area contributed by atoms with Crippen molar-refractivity contribution in [1.29, 1.82) is 0 Å². The van der Waals surface area contributed by atoms with Crippen molar-refractivity contribution in [3.63, 3.8) is 0 Å². The molecule has 0 N–H and O–H groups in total. The smallest absolute Gasteiger partial charge is 0.404 e. The third-order valence-corrected chi connectivity index (χ3v) is 6.21. The number of anilines is 2. The van der Waals surface area contributed by atoms with Crippen LogP contribution in [0.5, 0.6) is 5.75 Å². The summed E-state index contributed by atoms with van der Waals surface area (Å²) in [5.41, 5.74) is 1.77. The summed E-state index contributed by atoms with van der Waals surface area (Å²) in [6.07, 6.45) is -0.717. The Hall–Kier alpha value is -4.22. The third-order valence-electron chi connectivity index (χ3n) is 6.21. The van der Waals surface area contributed by atoms with Crippen LogP contribution in [0, 0.1) is 12.7 Å². The first-order valence-electron chi connectivity index (χ1n) is 11.5. The number of benzene rings is 1. The van der Waals surface area contributed by atoms with Gasteiger partial charge in [0, 0.05) is 44.8 Å². The van der Waals surface area contributed by atoms with E-state index < -0.39 is 17.7 Å². The minimum absolute atomic E-state index is 0.0779. The number of hydrogen-bond donors (Lipinski definition) is 0. The summed E-state index contributed by atoms with van der Waals surface area (Å²) in [5.74, 6) is -0.803. The Morgan fingerprint density at radius 2 is 1.68 bits per heavy atom. The van der Waals surface area contributed by atoms with Gasteiger partial charge in [-0.05, 0) is 36.8 Å². The summed E-state index contributed by atoms with van der Waals surface area (Å²) >= 11 is 0. The van der Waals surface area contributed by atoms with E-state index in [1.54, 1.807) is 12.1 Å². The molecule has 1 aliphatic heterocycles. The second-order valence-electron chi connectivity index (χ2n) is 8.56. The van der Waals surface area contributed by atoms with Crippen LogP contribution in [0.1, 0.15) is 11.3 Å². The molecule has 1 aliphatic rings. The molecule has 0 bridgehead atoms. The molecule has 0 spiro atoms. The van der Waals surface area contributed by atoms with Gasteiger partial charge >= 0.3 is 6.36 Å². The number of halogens is 4. The number of aromatic nitrogens is 4. The van der Waals surface area contributed by atoms with Crippen LogP contribution < -0.4 is 20.1 Å². The van der Waals surface area contributed by atoms with Crippen LogP contribution >= 0.6 is 0 Å². The summed E-state index contributed by atoms with van der Waals surface area (Å²) in [7, 11) is 0. The standard InChI is InChI=1S/C25H22F4N6O2/c1-16-4-2-5-17(26)22(16)34-12-10-33(11-13-34)20-14-18-23(32-9-8-31-18)35(24(20)36)15-19-21(6-3-7-30-19)37-25(27,28)29/h2-9,14H,10-13,15H2,1H3. The average molecular weight is 514 g/mol. The molecule has 37 heavy (non-hydrogen) atoms. The molecule has 0 radical (unpaired) electrons. The van der Waals surface area contributed by atoms with Crippen LogP contribution in [-0.2, 0) is 6.54 Å². The minimum Gasteiger partial charge on any atom is -0.404 e. The zero-order valence-electron chi connectivity index (χ0n) is 19.7. The Bertz CT molecular complexity index is 1480. The number of pyridine rings is 2. The molecule has 4 heterocycles. The predicted octanol–water partition coefficient (Wildman–Crippen LogP) is 3.91. The number of alkyl halides is 3. The maximum atomic E-state index is 14.5. The number of para-hydroxylation sites is 1. The second-order valence-corrected chi connectivity index (χ2v) is 8.56. The van der Waals surface area contributed by atoms with E-state index in [-0.39, 0.29) is 23.7 Å². The first-order chi connectivity index (χ1) is 17.7. The Labute approximate surface area is 208 Å². The SMILES string of the molecule is Cc1cccc(F)c1N1CCN(c2cc3nccnc3n(Cc3ncccc3OC(F)(F)F)c2=O)CC1. The Morgan fingerprint density at radius 3 is 2.41 bits per heavy atom. The van der Waals surface area contributed by atoms with Gasteiger partial charge in [-0.25, -0.2) is 9.37 Å². The Balaban J connectivity index is 1.49. The number of nitrogens with zero attached hydrogens (tertiary/aromatic N) is 6. The fourth-order valence-electron chi connectivity index (χ4n) is 4.55. The lowest BCUT2D eigenvalue weighted by molar-refractivity contribution is -0.275. The van der Waals surface area contributed by atoms with Crippen molar-refractivity contribution in [2.45, 2.75) is 19.8 Å². The van der Waals surface area contributed by atoms with E-state index in [4.69, 9.17) is 0 Å². The molecular formula is C25H22F4N6O2. The number of aryl methyl sites for hydroxylation is 1. The number of hydrogen-bond acceptors (Lipinski definition) is 7. The van der Waals surface area contributed by atoms with Gasteiger partial charge in [-0.1, -0.05) is 12.1 Å². The van der Waals surface area contributed by atoms with Crippen LogP contribution in [0.4, 0.5) is 28.9 Å². The minimum atomic E-state index is -4.91. The van der Waals surface area contributed by atoms with E-state index in [2.05, 4.69) is 19.7 Å². The molecule has 192 valence electrons.